The van der Waals surface area contributed by atoms with Crippen LogP contribution in [0.25, 0.3) is 0 Å². The number of hydrogen-bond acceptors (Lipinski definition) is 1. The number of hydrogen-bond donors (Lipinski definition) is 0. The first-order valence-corrected chi connectivity index (χ1v) is 6.60. The Morgan fingerprint density at radius 1 is 0.778 bits per heavy atom. The van der Waals surface area contributed by atoms with Crippen LogP contribution in [-0.4, -0.2) is 0 Å². The molecule has 0 heterocycles. The zero-order valence-corrected chi connectivity index (χ0v) is 12.1. The summed E-state index contributed by atoms with van der Waals surface area (Å²) in [5, 5.41) is 1.82. The number of halogens is 4. The molecule has 0 saturated heterocycles. The number of ether oxygens (including phenoxy) is 1. The Balaban J connectivity index is 2.17. The van der Waals surface area contributed by atoms with Gasteiger partial charge in [0.15, 0.2) is 0 Å². The highest BCUT2D eigenvalue weighted by Crippen LogP contribution is 2.33. The molecule has 0 aromatic heterocycles. The second-order valence-corrected chi connectivity index (χ2v) is 5.12. The van der Waals surface area contributed by atoms with Crippen molar-refractivity contribution >= 4 is 46.4 Å². The molecule has 0 unspecified atom stereocenters. The second-order valence-electron chi connectivity index (χ2n) is 3.55. The van der Waals surface area contributed by atoms with Gasteiger partial charge in [0.25, 0.3) is 0 Å². The molecular formula is C13H8Cl4O. The molecule has 0 radical (unpaired) electrons. The van der Waals surface area contributed by atoms with Crippen LogP contribution in [0.4, 0.5) is 0 Å². The van der Waals surface area contributed by atoms with Crippen molar-refractivity contribution in [3.8, 4) is 5.75 Å². The van der Waals surface area contributed by atoms with Crippen LogP contribution in [0, 0.1) is 0 Å². The minimum Gasteiger partial charge on any atom is -0.487 e. The van der Waals surface area contributed by atoms with E-state index in [1.807, 2.05) is 12.1 Å². The summed E-state index contributed by atoms with van der Waals surface area (Å²) in [7, 11) is 0. The van der Waals surface area contributed by atoms with Gasteiger partial charge in [-0.2, -0.15) is 0 Å². The lowest BCUT2D eigenvalue weighted by atomic mass is 10.2. The molecule has 0 saturated carbocycles. The third-order valence-corrected chi connectivity index (χ3v) is 3.99. The SMILES string of the molecule is Clc1cccc(COc2cccc(Cl)c2Cl)c1Cl. The first-order valence-electron chi connectivity index (χ1n) is 5.09. The van der Waals surface area contributed by atoms with Crippen LogP contribution in [0.2, 0.25) is 20.1 Å². The topological polar surface area (TPSA) is 9.23 Å². The molecule has 0 spiro atoms. The fourth-order valence-electron chi connectivity index (χ4n) is 1.41. The maximum Gasteiger partial charge on any atom is 0.139 e. The van der Waals surface area contributed by atoms with Gasteiger partial charge in [-0.1, -0.05) is 64.6 Å². The Kier molecular flexibility index (Phi) is 4.63. The summed E-state index contributed by atoms with van der Waals surface area (Å²) in [4.78, 5) is 0. The highest BCUT2D eigenvalue weighted by Gasteiger charge is 2.08. The van der Waals surface area contributed by atoms with Crippen molar-refractivity contribution in [1.82, 2.24) is 0 Å². The van der Waals surface area contributed by atoms with Gasteiger partial charge < -0.3 is 4.74 Å². The molecule has 0 aliphatic heterocycles. The molecule has 0 bridgehead atoms. The van der Waals surface area contributed by atoms with E-state index in [4.69, 9.17) is 51.1 Å². The Labute approximate surface area is 125 Å². The van der Waals surface area contributed by atoms with Gasteiger partial charge >= 0.3 is 0 Å². The summed E-state index contributed by atoms with van der Waals surface area (Å²) in [6.45, 7) is 0.277. The van der Waals surface area contributed by atoms with Crippen molar-refractivity contribution in [1.29, 1.82) is 0 Å². The Morgan fingerprint density at radius 3 is 2.11 bits per heavy atom. The highest BCUT2D eigenvalue weighted by atomic mass is 35.5. The van der Waals surface area contributed by atoms with E-state index in [0.717, 1.165) is 5.56 Å². The van der Waals surface area contributed by atoms with Gasteiger partial charge in [-0.05, 0) is 18.2 Å². The van der Waals surface area contributed by atoms with Crippen LogP contribution < -0.4 is 4.74 Å². The predicted molar refractivity (Wildman–Crippen MR) is 77.3 cm³/mol. The number of benzene rings is 2. The van der Waals surface area contributed by atoms with E-state index < -0.39 is 0 Å². The van der Waals surface area contributed by atoms with Crippen molar-refractivity contribution < 1.29 is 4.74 Å². The largest absolute Gasteiger partial charge is 0.487 e. The molecular weight excluding hydrogens is 314 g/mol. The van der Waals surface area contributed by atoms with Crippen LogP contribution in [-0.2, 0) is 6.61 Å². The zero-order chi connectivity index (χ0) is 13.1. The minimum absolute atomic E-state index is 0.277. The summed E-state index contributed by atoms with van der Waals surface area (Å²) >= 11 is 23.9. The smallest absolute Gasteiger partial charge is 0.139 e. The van der Waals surface area contributed by atoms with Gasteiger partial charge in [0.05, 0.1) is 15.1 Å². The predicted octanol–water partition coefficient (Wildman–Crippen LogP) is 5.88. The van der Waals surface area contributed by atoms with Gasteiger partial charge in [-0.15, -0.1) is 0 Å². The van der Waals surface area contributed by atoms with Crippen molar-refractivity contribution in [2.24, 2.45) is 0 Å². The van der Waals surface area contributed by atoms with Crippen LogP contribution in [0.1, 0.15) is 5.56 Å². The molecule has 1 nitrogen and oxygen atoms in total. The molecule has 94 valence electrons. The molecule has 0 aliphatic rings. The van der Waals surface area contributed by atoms with Gasteiger partial charge in [-0.25, -0.2) is 0 Å². The molecule has 0 amide bonds. The third kappa shape index (κ3) is 3.04. The fourth-order valence-corrected chi connectivity index (χ4v) is 2.13. The fraction of sp³-hybridized carbons (Fsp3) is 0.0769. The lowest BCUT2D eigenvalue weighted by Crippen LogP contribution is -1.97. The van der Waals surface area contributed by atoms with Crippen LogP contribution in [0.3, 0.4) is 0 Å². The molecule has 2 aromatic rings. The second kappa shape index (κ2) is 6.03. The highest BCUT2D eigenvalue weighted by molar-refractivity contribution is 6.43. The zero-order valence-electron chi connectivity index (χ0n) is 9.09. The standard InChI is InChI=1S/C13H8Cl4O/c14-9-4-1-3-8(12(9)16)7-18-11-6-2-5-10(15)13(11)17/h1-6H,7H2. The van der Waals surface area contributed by atoms with E-state index in [2.05, 4.69) is 0 Å². The Bertz CT molecular complexity index is 517. The van der Waals surface area contributed by atoms with Gasteiger partial charge in [0.2, 0.25) is 0 Å². The van der Waals surface area contributed by atoms with Gasteiger partial charge in [0, 0.05) is 5.56 Å². The minimum atomic E-state index is 0.277. The molecule has 0 N–H and O–H groups in total. The van der Waals surface area contributed by atoms with Crippen molar-refractivity contribution in [2.75, 3.05) is 0 Å². The summed E-state index contributed by atoms with van der Waals surface area (Å²) in [5.41, 5.74) is 0.792. The Hall–Kier alpha value is -0.600. The van der Waals surface area contributed by atoms with E-state index in [1.54, 1.807) is 24.3 Å². The maximum atomic E-state index is 6.06. The number of rotatable bonds is 3. The van der Waals surface area contributed by atoms with E-state index in [1.165, 1.54) is 0 Å². The quantitative estimate of drug-likeness (QED) is 0.686. The van der Waals surface area contributed by atoms with Crippen molar-refractivity contribution in [3.05, 3.63) is 62.1 Å². The van der Waals surface area contributed by atoms with E-state index >= 15 is 0 Å². The van der Waals surface area contributed by atoms with Crippen molar-refractivity contribution in [2.45, 2.75) is 6.61 Å². The normalized spacial score (nSPS) is 10.4. The summed E-state index contributed by atoms with van der Waals surface area (Å²) in [6.07, 6.45) is 0. The van der Waals surface area contributed by atoms with Crippen LogP contribution in [0.15, 0.2) is 36.4 Å². The van der Waals surface area contributed by atoms with Gasteiger partial charge in [-0.3, -0.25) is 0 Å². The molecule has 0 atom stereocenters. The molecule has 2 rings (SSSR count). The Morgan fingerprint density at radius 2 is 1.39 bits per heavy atom. The first kappa shape index (κ1) is 13.8. The maximum absolute atomic E-state index is 6.06. The molecule has 5 heteroatoms. The summed E-state index contributed by atoms with van der Waals surface area (Å²) in [5.74, 6) is 0.514. The molecule has 2 aromatic carbocycles. The summed E-state index contributed by atoms with van der Waals surface area (Å²) < 4.78 is 5.58. The first-order chi connectivity index (χ1) is 8.59. The van der Waals surface area contributed by atoms with E-state index in [-0.39, 0.29) is 6.61 Å². The molecule has 0 fully saturated rings. The average Bonchev–Trinajstić information content (AvgIpc) is 2.36. The van der Waals surface area contributed by atoms with Crippen LogP contribution >= 0.6 is 46.4 Å². The lowest BCUT2D eigenvalue weighted by Gasteiger charge is -2.10. The van der Waals surface area contributed by atoms with Crippen molar-refractivity contribution in [3.63, 3.8) is 0 Å². The molecule has 18 heavy (non-hydrogen) atoms. The lowest BCUT2D eigenvalue weighted by molar-refractivity contribution is 0.306. The monoisotopic (exact) mass is 320 g/mol. The van der Waals surface area contributed by atoms with Crippen LogP contribution in [0.5, 0.6) is 5.75 Å². The van der Waals surface area contributed by atoms with E-state index in [0.29, 0.717) is 25.8 Å². The van der Waals surface area contributed by atoms with Gasteiger partial charge in [0.1, 0.15) is 17.4 Å². The molecule has 0 aliphatic carbocycles. The summed E-state index contributed by atoms with van der Waals surface area (Å²) in [6, 6.07) is 10.6. The third-order valence-electron chi connectivity index (χ3n) is 2.33. The average molecular weight is 322 g/mol. The van der Waals surface area contributed by atoms with E-state index in [9.17, 15) is 0 Å².